The van der Waals surface area contributed by atoms with Crippen molar-refractivity contribution in [1.82, 2.24) is 5.01 Å². The molecular formula is C19H19N3O2. The summed E-state index contributed by atoms with van der Waals surface area (Å²) in [7, 11) is 0. The number of anilines is 1. The van der Waals surface area contributed by atoms with E-state index in [0.29, 0.717) is 6.54 Å². The van der Waals surface area contributed by atoms with Gasteiger partial charge in [0.1, 0.15) is 17.8 Å². The van der Waals surface area contributed by atoms with Crippen LogP contribution in [0.15, 0.2) is 65.8 Å². The maximum absolute atomic E-state index is 12.0. The minimum atomic E-state index is -0.0797. The van der Waals surface area contributed by atoms with E-state index in [1.54, 1.807) is 22.6 Å². The van der Waals surface area contributed by atoms with Gasteiger partial charge in [0.15, 0.2) is 0 Å². The van der Waals surface area contributed by atoms with Crippen LogP contribution >= 0.6 is 0 Å². The first-order chi connectivity index (χ1) is 11.6. The average molecular weight is 321 g/mol. The molecule has 0 saturated carbocycles. The Labute approximate surface area is 141 Å². The van der Waals surface area contributed by atoms with E-state index in [0.717, 1.165) is 17.2 Å². The zero-order chi connectivity index (χ0) is 16.9. The summed E-state index contributed by atoms with van der Waals surface area (Å²) in [6.45, 7) is 4.17. The van der Waals surface area contributed by atoms with Crippen molar-refractivity contribution in [2.75, 3.05) is 11.6 Å². The summed E-state index contributed by atoms with van der Waals surface area (Å²) < 4.78 is 5.82. The summed E-state index contributed by atoms with van der Waals surface area (Å²) in [5.74, 6) is 1.42. The van der Waals surface area contributed by atoms with Crippen molar-refractivity contribution in [3.8, 4) is 11.5 Å². The zero-order valence-corrected chi connectivity index (χ0v) is 13.7. The largest absolute Gasteiger partial charge is 0.457 e. The number of benzene rings is 2. The van der Waals surface area contributed by atoms with Gasteiger partial charge in [0.25, 0.3) is 0 Å². The molecule has 1 aliphatic rings. The Morgan fingerprint density at radius 1 is 1.08 bits per heavy atom. The fourth-order valence-corrected chi connectivity index (χ4v) is 2.42. The van der Waals surface area contributed by atoms with Gasteiger partial charge in [-0.2, -0.15) is 0 Å². The van der Waals surface area contributed by atoms with E-state index in [1.807, 2.05) is 61.5 Å². The van der Waals surface area contributed by atoms with Crippen LogP contribution in [0.3, 0.4) is 0 Å². The van der Waals surface area contributed by atoms with E-state index < -0.39 is 0 Å². The number of aryl methyl sites for hydroxylation is 1. The standard InChI is InChI=1S/C19H19N3O2/c1-15-4-8-18(9-5-15)24-19-10-6-17(7-11-19)22(16(2)23)21-13-3-12-20-14-21/h3-12,14H,13H2,1-2H3. The van der Waals surface area contributed by atoms with Crippen LogP contribution in [0, 0.1) is 6.92 Å². The zero-order valence-electron chi connectivity index (χ0n) is 13.7. The number of hydrogen-bond donors (Lipinski definition) is 0. The monoisotopic (exact) mass is 321 g/mol. The minimum absolute atomic E-state index is 0.0797. The van der Waals surface area contributed by atoms with Gasteiger partial charge in [-0.1, -0.05) is 17.7 Å². The van der Waals surface area contributed by atoms with Gasteiger partial charge in [0.2, 0.25) is 5.91 Å². The number of aliphatic imine (C=N–C) groups is 1. The van der Waals surface area contributed by atoms with E-state index in [1.165, 1.54) is 12.5 Å². The fourth-order valence-electron chi connectivity index (χ4n) is 2.42. The summed E-state index contributed by atoms with van der Waals surface area (Å²) >= 11 is 0. The highest BCUT2D eigenvalue weighted by Crippen LogP contribution is 2.25. The molecule has 1 amide bonds. The summed E-state index contributed by atoms with van der Waals surface area (Å²) in [6.07, 6.45) is 5.25. The Bertz CT molecular complexity index is 764. The summed E-state index contributed by atoms with van der Waals surface area (Å²) in [4.78, 5) is 16.1. The molecule has 1 heterocycles. The molecule has 2 aromatic rings. The predicted octanol–water partition coefficient (Wildman–Crippen LogP) is 3.91. The molecular weight excluding hydrogens is 302 g/mol. The van der Waals surface area contributed by atoms with Crippen LogP contribution in [0.5, 0.6) is 11.5 Å². The van der Waals surface area contributed by atoms with Crippen molar-refractivity contribution in [2.24, 2.45) is 4.99 Å². The van der Waals surface area contributed by atoms with Gasteiger partial charge in [0, 0.05) is 13.1 Å². The lowest BCUT2D eigenvalue weighted by Gasteiger charge is -2.32. The predicted molar refractivity (Wildman–Crippen MR) is 95.2 cm³/mol. The number of hydrogen-bond acceptors (Lipinski definition) is 4. The summed E-state index contributed by atoms with van der Waals surface area (Å²) in [5.41, 5.74) is 1.95. The molecule has 1 aliphatic heterocycles. The van der Waals surface area contributed by atoms with Crippen molar-refractivity contribution in [1.29, 1.82) is 0 Å². The summed E-state index contributed by atoms with van der Waals surface area (Å²) in [6, 6.07) is 15.3. The van der Waals surface area contributed by atoms with Gasteiger partial charge in [-0.3, -0.25) is 9.80 Å². The van der Waals surface area contributed by atoms with Crippen molar-refractivity contribution in [2.45, 2.75) is 13.8 Å². The van der Waals surface area contributed by atoms with Gasteiger partial charge in [-0.25, -0.2) is 10.0 Å². The molecule has 0 saturated heterocycles. The lowest BCUT2D eigenvalue weighted by molar-refractivity contribution is -0.118. The maximum atomic E-state index is 12.0. The number of rotatable bonds is 4. The van der Waals surface area contributed by atoms with E-state index >= 15 is 0 Å². The molecule has 0 aromatic heterocycles. The van der Waals surface area contributed by atoms with Gasteiger partial charge >= 0.3 is 0 Å². The molecule has 0 fully saturated rings. The highest BCUT2D eigenvalue weighted by atomic mass is 16.5. The number of carbonyl (C=O) groups excluding carboxylic acids is 1. The molecule has 0 bridgehead atoms. The van der Waals surface area contributed by atoms with Crippen molar-refractivity contribution < 1.29 is 9.53 Å². The Morgan fingerprint density at radius 3 is 2.25 bits per heavy atom. The third-order valence-electron chi connectivity index (χ3n) is 3.58. The van der Waals surface area contributed by atoms with E-state index in [4.69, 9.17) is 4.74 Å². The Morgan fingerprint density at radius 2 is 1.71 bits per heavy atom. The lowest BCUT2D eigenvalue weighted by Crippen LogP contribution is -2.45. The topological polar surface area (TPSA) is 45.1 Å². The number of amides is 1. The molecule has 0 aliphatic carbocycles. The number of nitrogens with zero attached hydrogens (tertiary/aromatic N) is 3. The third kappa shape index (κ3) is 3.63. The molecule has 0 spiro atoms. The molecule has 0 radical (unpaired) electrons. The van der Waals surface area contributed by atoms with Crippen LogP contribution in [-0.4, -0.2) is 23.8 Å². The minimum Gasteiger partial charge on any atom is -0.457 e. The van der Waals surface area contributed by atoms with Gasteiger partial charge < -0.3 is 4.74 Å². The van der Waals surface area contributed by atoms with Crippen LogP contribution in [0.25, 0.3) is 0 Å². The first kappa shape index (κ1) is 15.8. The first-order valence-corrected chi connectivity index (χ1v) is 7.73. The van der Waals surface area contributed by atoms with E-state index in [-0.39, 0.29) is 5.91 Å². The van der Waals surface area contributed by atoms with Crippen molar-refractivity contribution >= 4 is 17.9 Å². The second-order valence-corrected chi connectivity index (χ2v) is 5.51. The number of ether oxygens (including phenoxy) is 1. The molecule has 5 heteroatoms. The third-order valence-corrected chi connectivity index (χ3v) is 3.58. The van der Waals surface area contributed by atoms with Gasteiger partial charge in [0.05, 0.1) is 12.2 Å². The molecule has 5 nitrogen and oxygen atoms in total. The molecule has 24 heavy (non-hydrogen) atoms. The van der Waals surface area contributed by atoms with Crippen LogP contribution in [0.2, 0.25) is 0 Å². The van der Waals surface area contributed by atoms with Crippen molar-refractivity contribution in [3.05, 3.63) is 66.4 Å². The van der Waals surface area contributed by atoms with Gasteiger partial charge in [-0.15, -0.1) is 0 Å². The molecule has 122 valence electrons. The normalized spacial score (nSPS) is 13.0. The molecule has 2 aromatic carbocycles. The molecule has 0 N–H and O–H groups in total. The fraction of sp³-hybridized carbons (Fsp3) is 0.158. The lowest BCUT2D eigenvalue weighted by atomic mass is 10.2. The Kier molecular flexibility index (Phi) is 4.61. The van der Waals surface area contributed by atoms with Crippen LogP contribution in [0.4, 0.5) is 5.69 Å². The maximum Gasteiger partial charge on any atom is 0.242 e. The number of carbonyl (C=O) groups is 1. The highest BCUT2D eigenvalue weighted by Gasteiger charge is 2.18. The molecule has 0 atom stereocenters. The van der Waals surface area contributed by atoms with Crippen LogP contribution in [0.1, 0.15) is 12.5 Å². The van der Waals surface area contributed by atoms with Gasteiger partial charge in [-0.05, 0) is 49.4 Å². The SMILES string of the molecule is CC(=O)N(c1ccc(Oc2ccc(C)cc2)cc1)N1C=NC=CC1. The first-order valence-electron chi connectivity index (χ1n) is 7.73. The van der Waals surface area contributed by atoms with E-state index in [2.05, 4.69) is 4.99 Å². The van der Waals surface area contributed by atoms with Crippen LogP contribution in [-0.2, 0) is 4.79 Å². The number of hydrazine groups is 1. The average Bonchev–Trinajstić information content (AvgIpc) is 2.59. The summed E-state index contributed by atoms with van der Waals surface area (Å²) in [5, 5.41) is 3.35. The highest BCUT2D eigenvalue weighted by molar-refractivity contribution is 5.92. The van der Waals surface area contributed by atoms with Crippen LogP contribution < -0.4 is 9.75 Å². The quantitative estimate of drug-likeness (QED) is 0.857. The Hall–Kier alpha value is -3.08. The smallest absolute Gasteiger partial charge is 0.242 e. The molecule has 3 rings (SSSR count). The Balaban J connectivity index is 1.76. The van der Waals surface area contributed by atoms with E-state index in [9.17, 15) is 4.79 Å². The molecule has 0 unspecified atom stereocenters. The second-order valence-electron chi connectivity index (χ2n) is 5.51. The van der Waals surface area contributed by atoms with Crippen molar-refractivity contribution in [3.63, 3.8) is 0 Å². The second kappa shape index (κ2) is 7.00.